The lowest BCUT2D eigenvalue weighted by atomic mass is 9.85. The van der Waals surface area contributed by atoms with Gasteiger partial charge in [0, 0.05) is 5.69 Å². The van der Waals surface area contributed by atoms with E-state index in [1.165, 1.54) is 18.2 Å². The number of ether oxygens (including phenoxy) is 2. The number of halogens is 3. The number of anilines is 1. The van der Waals surface area contributed by atoms with Crippen LogP contribution < -0.4 is 10.1 Å². The maximum Gasteiger partial charge on any atom is 0.387 e. The highest BCUT2D eigenvalue weighted by Crippen LogP contribution is 2.29. The molecule has 0 heterocycles. The number of hydrogen-bond acceptors (Lipinski definition) is 4. The molecular formula is C19H18ClF2NO4. The van der Waals surface area contributed by atoms with Crippen LogP contribution in [-0.2, 0) is 19.7 Å². The lowest BCUT2D eigenvalue weighted by molar-refractivity contribution is -0.152. The van der Waals surface area contributed by atoms with Crippen LogP contribution in [0.5, 0.6) is 5.75 Å². The summed E-state index contributed by atoms with van der Waals surface area (Å²) in [4.78, 5) is 24.3. The highest BCUT2D eigenvalue weighted by molar-refractivity contribution is 6.32. The Balaban J connectivity index is 1.92. The summed E-state index contributed by atoms with van der Waals surface area (Å²) >= 11 is 5.82. The van der Waals surface area contributed by atoms with E-state index in [4.69, 9.17) is 16.3 Å². The van der Waals surface area contributed by atoms with Gasteiger partial charge in [0.25, 0.3) is 5.91 Å². The monoisotopic (exact) mass is 397 g/mol. The minimum atomic E-state index is -3.00. The summed E-state index contributed by atoms with van der Waals surface area (Å²) in [5.74, 6) is -1.35. The topological polar surface area (TPSA) is 64.6 Å². The summed E-state index contributed by atoms with van der Waals surface area (Å²) in [6, 6.07) is 12.9. The number of rotatable bonds is 7. The summed E-state index contributed by atoms with van der Waals surface area (Å²) in [7, 11) is 0. The molecule has 144 valence electrons. The highest BCUT2D eigenvalue weighted by Gasteiger charge is 2.31. The van der Waals surface area contributed by atoms with E-state index in [-0.39, 0.29) is 16.5 Å². The summed E-state index contributed by atoms with van der Waals surface area (Å²) in [6.07, 6.45) is 0. The van der Waals surface area contributed by atoms with Crippen LogP contribution in [0.15, 0.2) is 48.5 Å². The number of alkyl halides is 2. The van der Waals surface area contributed by atoms with Crippen molar-refractivity contribution in [2.45, 2.75) is 25.9 Å². The Bertz CT molecular complexity index is 813. The van der Waals surface area contributed by atoms with Gasteiger partial charge in [-0.2, -0.15) is 8.78 Å². The van der Waals surface area contributed by atoms with Crippen LogP contribution in [-0.4, -0.2) is 25.1 Å². The smallest absolute Gasteiger partial charge is 0.387 e. The van der Waals surface area contributed by atoms with Crippen molar-refractivity contribution in [1.82, 2.24) is 0 Å². The van der Waals surface area contributed by atoms with Gasteiger partial charge in [0.15, 0.2) is 6.61 Å². The fourth-order valence-corrected chi connectivity index (χ4v) is 2.48. The van der Waals surface area contributed by atoms with Crippen LogP contribution in [0.4, 0.5) is 14.5 Å². The van der Waals surface area contributed by atoms with Crippen molar-refractivity contribution in [2.24, 2.45) is 0 Å². The summed E-state index contributed by atoms with van der Waals surface area (Å²) in [5.41, 5.74) is 0.0980. The number of nitrogens with one attached hydrogen (secondary N) is 1. The zero-order valence-corrected chi connectivity index (χ0v) is 15.4. The first-order valence-electron chi connectivity index (χ1n) is 7.97. The number of benzene rings is 2. The van der Waals surface area contributed by atoms with Crippen LogP contribution >= 0.6 is 11.6 Å². The number of amides is 1. The molecule has 1 amide bonds. The molecule has 0 aliphatic heterocycles. The molecular weight excluding hydrogens is 380 g/mol. The van der Waals surface area contributed by atoms with Gasteiger partial charge in [0.2, 0.25) is 0 Å². The van der Waals surface area contributed by atoms with Gasteiger partial charge in [-0.1, -0.05) is 41.9 Å². The molecule has 0 atom stereocenters. The average molecular weight is 398 g/mol. The van der Waals surface area contributed by atoms with E-state index in [2.05, 4.69) is 10.1 Å². The summed E-state index contributed by atoms with van der Waals surface area (Å²) < 4.78 is 33.7. The van der Waals surface area contributed by atoms with Gasteiger partial charge in [-0.25, -0.2) is 0 Å². The Morgan fingerprint density at radius 1 is 1.15 bits per heavy atom. The molecule has 0 bridgehead atoms. The van der Waals surface area contributed by atoms with Crippen LogP contribution in [0.3, 0.4) is 0 Å². The van der Waals surface area contributed by atoms with Gasteiger partial charge in [0.1, 0.15) is 5.75 Å². The Labute approximate surface area is 160 Å². The zero-order chi connectivity index (χ0) is 20.0. The number of hydrogen-bond donors (Lipinski definition) is 1. The number of carbonyl (C=O) groups excluding carboxylic acids is 2. The summed E-state index contributed by atoms with van der Waals surface area (Å²) in [5, 5.41) is 2.38. The zero-order valence-electron chi connectivity index (χ0n) is 14.7. The predicted octanol–water partition coefficient (Wildman–Crippen LogP) is 4.40. The van der Waals surface area contributed by atoms with E-state index >= 15 is 0 Å². The number of carbonyl (C=O) groups is 2. The maximum absolute atomic E-state index is 12.3. The van der Waals surface area contributed by atoms with Gasteiger partial charge in [0.05, 0.1) is 10.4 Å². The molecule has 2 aromatic carbocycles. The van der Waals surface area contributed by atoms with E-state index in [9.17, 15) is 18.4 Å². The Morgan fingerprint density at radius 3 is 2.41 bits per heavy atom. The Hall–Kier alpha value is -2.67. The van der Waals surface area contributed by atoms with Gasteiger partial charge in [-0.05, 0) is 37.6 Å². The fourth-order valence-electron chi connectivity index (χ4n) is 2.25. The van der Waals surface area contributed by atoms with Crippen molar-refractivity contribution < 1.29 is 27.8 Å². The van der Waals surface area contributed by atoms with Crippen LogP contribution in [0, 0.1) is 0 Å². The van der Waals surface area contributed by atoms with Crippen molar-refractivity contribution in [2.75, 3.05) is 11.9 Å². The van der Waals surface area contributed by atoms with E-state index in [1.807, 2.05) is 18.2 Å². The predicted molar refractivity (Wildman–Crippen MR) is 97.1 cm³/mol. The molecule has 0 aliphatic rings. The maximum atomic E-state index is 12.3. The molecule has 0 spiro atoms. The van der Waals surface area contributed by atoms with E-state index in [1.54, 1.807) is 26.0 Å². The van der Waals surface area contributed by atoms with Crippen molar-refractivity contribution in [3.8, 4) is 5.75 Å². The lowest BCUT2D eigenvalue weighted by Crippen LogP contribution is -2.33. The molecule has 0 radical (unpaired) electrons. The molecule has 27 heavy (non-hydrogen) atoms. The highest BCUT2D eigenvalue weighted by atomic mass is 35.5. The molecule has 2 aromatic rings. The second-order valence-electron chi connectivity index (χ2n) is 6.14. The van der Waals surface area contributed by atoms with E-state index in [0.717, 1.165) is 5.56 Å². The molecule has 0 aromatic heterocycles. The van der Waals surface area contributed by atoms with E-state index in [0.29, 0.717) is 0 Å². The molecule has 5 nitrogen and oxygen atoms in total. The van der Waals surface area contributed by atoms with Crippen LogP contribution in [0.1, 0.15) is 19.4 Å². The first-order chi connectivity index (χ1) is 12.7. The van der Waals surface area contributed by atoms with Crippen molar-refractivity contribution in [1.29, 1.82) is 0 Å². The molecule has 8 heteroatoms. The summed E-state index contributed by atoms with van der Waals surface area (Å²) in [6.45, 7) is -0.105. The molecule has 0 saturated carbocycles. The van der Waals surface area contributed by atoms with Gasteiger partial charge < -0.3 is 14.8 Å². The Kier molecular flexibility index (Phi) is 6.74. The molecule has 2 rings (SSSR count). The van der Waals surface area contributed by atoms with Gasteiger partial charge in [-0.3, -0.25) is 9.59 Å². The quantitative estimate of drug-likeness (QED) is 0.703. The minimum Gasteiger partial charge on any atom is -0.455 e. The molecule has 0 aliphatic carbocycles. The van der Waals surface area contributed by atoms with Gasteiger partial charge >= 0.3 is 12.6 Å². The Morgan fingerprint density at radius 2 is 1.81 bits per heavy atom. The molecule has 0 saturated heterocycles. The lowest BCUT2D eigenvalue weighted by Gasteiger charge is -2.22. The normalized spacial score (nSPS) is 11.2. The van der Waals surface area contributed by atoms with Crippen LogP contribution in [0.2, 0.25) is 5.02 Å². The number of esters is 1. The van der Waals surface area contributed by atoms with Gasteiger partial charge in [-0.15, -0.1) is 0 Å². The first kappa shape index (κ1) is 20.6. The standard InChI is InChI=1S/C19H18ClF2NO4/c1-19(2,12-6-4-3-5-7-12)17(25)26-11-16(24)23-13-8-9-15(14(20)10-13)27-18(21)22/h3-10,18H,11H2,1-2H3,(H,23,24). The molecule has 0 fully saturated rings. The fraction of sp³-hybridized carbons (Fsp3) is 0.263. The molecule has 0 unspecified atom stereocenters. The van der Waals surface area contributed by atoms with E-state index < -0.39 is 30.5 Å². The first-order valence-corrected chi connectivity index (χ1v) is 8.35. The SMILES string of the molecule is CC(C)(C(=O)OCC(=O)Nc1ccc(OC(F)F)c(Cl)c1)c1ccccc1. The van der Waals surface area contributed by atoms with Crippen molar-refractivity contribution in [3.63, 3.8) is 0 Å². The second kappa shape index (κ2) is 8.81. The van der Waals surface area contributed by atoms with Crippen molar-refractivity contribution in [3.05, 3.63) is 59.1 Å². The largest absolute Gasteiger partial charge is 0.455 e. The molecule has 1 N–H and O–H groups in total. The second-order valence-corrected chi connectivity index (χ2v) is 6.55. The van der Waals surface area contributed by atoms with Crippen molar-refractivity contribution >= 4 is 29.2 Å². The third kappa shape index (κ3) is 5.65. The minimum absolute atomic E-state index is 0.0877. The third-order valence-electron chi connectivity index (χ3n) is 3.77. The average Bonchev–Trinajstić information content (AvgIpc) is 2.62. The third-order valence-corrected chi connectivity index (χ3v) is 4.07. The van der Waals surface area contributed by atoms with Crippen LogP contribution in [0.25, 0.3) is 0 Å².